The van der Waals surface area contributed by atoms with Gasteiger partial charge in [0.05, 0.1) is 11.3 Å². The highest BCUT2D eigenvalue weighted by molar-refractivity contribution is 7.10. The van der Waals surface area contributed by atoms with Gasteiger partial charge >= 0.3 is 0 Å². The molecule has 39 heavy (non-hydrogen) atoms. The maximum Gasteiger partial charge on any atom is 0.231 e. The van der Waals surface area contributed by atoms with Crippen LogP contribution in [0.2, 0.25) is 0 Å². The monoisotopic (exact) mass is 539 g/mol. The molecule has 4 aromatic rings. The molecule has 9 heteroatoms. The maximum atomic E-state index is 13.4. The number of anilines is 3. The molecule has 1 fully saturated rings. The lowest BCUT2D eigenvalue weighted by Gasteiger charge is -2.35. The minimum Gasteiger partial charge on any atom is -0.454 e. The first-order chi connectivity index (χ1) is 19.2. The molecule has 4 heterocycles. The van der Waals surface area contributed by atoms with Crippen molar-refractivity contribution in [1.82, 2.24) is 14.9 Å². The molecule has 1 saturated heterocycles. The molecule has 0 saturated carbocycles. The molecular formula is C30H29N5O3S. The highest BCUT2D eigenvalue weighted by Gasteiger charge is 2.33. The Labute approximate surface area is 231 Å². The molecule has 1 aliphatic carbocycles. The van der Waals surface area contributed by atoms with E-state index in [2.05, 4.69) is 44.8 Å². The van der Waals surface area contributed by atoms with Crippen molar-refractivity contribution in [3.63, 3.8) is 0 Å². The summed E-state index contributed by atoms with van der Waals surface area (Å²) in [6.07, 6.45) is 1.23. The van der Waals surface area contributed by atoms with E-state index in [0.717, 1.165) is 62.0 Å². The van der Waals surface area contributed by atoms with Crippen LogP contribution in [-0.4, -0.2) is 53.6 Å². The first kappa shape index (κ1) is 24.1. The number of piperazine rings is 1. The van der Waals surface area contributed by atoms with Gasteiger partial charge in [-0.1, -0.05) is 30.3 Å². The summed E-state index contributed by atoms with van der Waals surface area (Å²) >= 11 is 1.71. The number of carbonyl (C=O) groups excluding carboxylic acids is 1. The summed E-state index contributed by atoms with van der Waals surface area (Å²) < 4.78 is 11.0. The van der Waals surface area contributed by atoms with Gasteiger partial charge in [0.25, 0.3) is 0 Å². The Bertz CT molecular complexity index is 1490. The fourth-order valence-corrected chi connectivity index (χ4v) is 6.42. The third-order valence-corrected chi connectivity index (χ3v) is 8.64. The summed E-state index contributed by atoms with van der Waals surface area (Å²) in [5.41, 5.74) is 3.60. The zero-order valence-electron chi connectivity index (χ0n) is 21.5. The summed E-state index contributed by atoms with van der Waals surface area (Å²) in [5.74, 6) is 3.20. The van der Waals surface area contributed by atoms with Gasteiger partial charge in [0.1, 0.15) is 5.82 Å². The molecule has 1 atom stereocenters. The number of nitrogens with one attached hydrogen (secondary N) is 1. The summed E-state index contributed by atoms with van der Waals surface area (Å²) in [7, 11) is 0. The third-order valence-electron chi connectivity index (χ3n) is 7.60. The number of hydrogen-bond donors (Lipinski definition) is 1. The Morgan fingerprint density at radius 3 is 2.59 bits per heavy atom. The van der Waals surface area contributed by atoms with Crippen molar-refractivity contribution in [1.29, 1.82) is 0 Å². The standard InChI is InChI=1S/C30H29N5O3S/c36-24-17-21(27-7-4-14-39-27)16-23-28(24)29(31-22-5-2-1-3-6-22)33-30(32-23)35-12-10-34(11-13-35)18-20-8-9-25-26(15-20)38-19-37-25/h1-9,14-15,21H,10-13,16-19H2,(H,31,32,33). The number of nitrogens with zero attached hydrogens (tertiary/aromatic N) is 4. The van der Waals surface area contributed by atoms with Crippen molar-refractivity contribution >= 4 is 34.6 Å². The molecule has 1 N–H and O–H groups in total. The van der Waals surface area contributed by atoms with E-state index in [4.69, 9.17) is 19.4 Å². The number of fused-ring (bicyclic) bond motifs is 2. The Morgan fingerprint density at radius 1 is 0.923 bits per heavy atom. The van der Waals surface area contributed by atoms with Gasteiger partial charge in [-0.05, 0) is 47.7 Å². The lowest BCUT2D eigenvalue weighted by atomic mass is 9.85. The van der Waals surface area contributed by atoms with Crippen LogP contribution in [0.15, 0.2) is 66.0 Å². The van der Waals surface area contributed by atoms with Gasteiger partial charge in [-0.15, -0.1) is 11.3 Å². The second-order valence-corrected chi connectivity index (χ2v) is 11.2. The molecule has 2 aromatic heterocycles. The van der Waals surface area contributed by atoms with Crippen LogP contribution in [0.3, 0.4) is 0 Å². The van der Waals surface area contributed by atoms with E-state index in [9.17, 15) is 4.79 Å². The van der Waals surface area contributed by atoms with Crippen LogP contribution < -0.4 is 19.7 Å². The van der Waals surface area contributed by atoms with Crippen molar-refractivity contribution in [3.8, 4) is 11.5 Å². The minimum atomic E-state index is 0.105. The summed E-state index contributed by atoms with van der Waals surface area (Å²) in [4.78, 5) is 29.3. The normalized spacial score (nSPS) is 18.7. The number of benzene rings is 2. The number of aromatic nitrogens is 2. The summed E-state index contributed by atoms with van der Waals surface area (Å²) in [6.45, 7) is 4.57. The van der Waals surface area contributed by atoms with E-state index >= 15 is 0 Å². The molecule has 2 aromatic carbocycles. The minimum absolute atomic E-state index is 0.105. The quantitative estimate of drug-likeness (QED) is 0.356. The molecular weight excluding hydrogens is 510 g/mol. The predicted octanol–water partition coefficient (Wildman–Crippen LogP) is 5.25. The molecule has 198 valence electrons. The van der Waals surface area contributed by atoms with Crippen LogP contribution in [0.1, 0.15) is 38.8 Å². The van der Waals surface area contributed by atoms with Gasteiger partial charge < -0.3 is 19.7 Å². The largest absolute Gasteiger partial charge is 0.454 e. The number of rotatable bonds is 6. The van der Waals surface area contributed by atoms with E-state index in [1.165, 1.54) is 10.4 Å². The molecule has 0 amide bonds. The van der Waals surface area contributed by atoms with E-state index in [0.29, 0.717) is 30.5 Å². The van der Waals surface area contributed by atoms with Gasteiger partial charge in [0.15, 0.2) is 17.3 Å². The lowest BCUT2D eigenvalue weighted by Crippen LogP contribution is -2.46. The van der Waals surface area contributed by atoms with E-state index in [1.54, 1.807) is 11.3 Å². The topological polar surface area (TPSA) is 79.8 Å². The lowest BCUT2D eigenvalue weighted by molar-refractivity contribution is 0.0964. The van der Waals surface area contributed by atoms with E-state index in [-0.39, 0.29) is 11.7 Å². The number of ether oxygens (including phenoxy) is 2. The number of ketones is 1. The second-order valence-electron chi connectivity index (χ2n) is 10.2. The van der Waals surface area contributed by atoms with Crippen LogP contribution in [0.25, 0.3) is 0 Å². The van der Waals surface area contributed by atoms with Crippen LogP contribution >= 0.6 is 11.3 Å². The summed E-state index contributed by atoms with van der Waals surface area (Å²) in [5, 5.41) is 5.50. The molecule has 0 spiro atoms. The van der Waals surface area contributed by atoms with Crippen LogP contribution in [0.5, 0.6) is 11.5 Å². The fraction of sp³-hybridized carbons (Fsp3) is 0.300. The van der Waals surface area contributed by atoms with E-state index in [1.807, 2.05) is 36.4 Å². The first-order valence-electron chi connectivity index (χ1n) is 13.3. The highest BCUT2D eigenvalue weighted by Crippen LogP contribution is 2.38. The Hall–Kier alpha value is -3.95. The average molecular weight is 540 g/mol. The molecule has 0 bridgehead atoms. The molecule has 2 aliphatic heterocycles. The van der Waals surface area contributed by atoms with Crippen molar-refractivity contribution < 1.29 is 14.3 Å². The number of thiophene rings is 1. The van der Waals surface area contributed by atoms with Crippen LogP contribution in [0, 0.1) is 0 Å². The van der Waals surface area contributed by atoms with Gasteiger partial charge in [-0.25, -0.2) is 4.98 Å². The third kappa shape index (κ3) is 4.95. The molecule has 0 radical (unpaired) electrons. The fourth-order valence-electron chi connectivity index (χ4n) is 5.58. The van der Waals surface area contributed by atoms with Crippen molar-refractivity contribution in [2.45, 2.75) is 25.3 Å². The molecule has 3 aliphatic rings. The SMILES string of the molecule is O=C1CC(c2cccs2)Cc2nc(N3CCN(Cc4ccc5c(c4)OCO5)CC3)nc(Nc3ccccc3)c21. The first-order valence-corrected chi connectivity index (χ1v) is 14.2. The zero-order valence-corrected chi connectivity index (χ0v) is 22.3. The molecule has 1 unspecified atom stereocenters. The van der Waals surface area contributed by atoms with Crippen LogP contribution in [0.4, 0.5) is 17.5 Å². The van der Waals surface area contributed by atoms with Crippen molar-refractivity contribution in [2.75, 3.05) is 43.2 Å². The van der Waals surface area contributed by atoms with Crippen molar-refractivity contribution in [2.24, 2.45) is 0 Å². The number of para-hydroxylation sites is 1. The van der Waals surface area contributed by atoms with Gasteiger partial charge in [-0.3, -0.25) is 9.69 Å². The molecule has 8 nitrogen and oxygen atoms in total. The maximum absolute atomic E-state index is 13.4. The summed E-state index contributed by atoms with van der Waals surface area (Å²) in [6, 6.07) is 20.3. The number of Topliss-reactive ketones (excluding diaryl/α,β-unsaturated/α-hetero) is 1. The average Bonchev–Trinajstić information content (AvgIpc) is 3.66. The zero-order chi connectivity index (χ0) is 26.2. The smallest absolute Gasteiger partial charge is 0.231 e. The van der Waals surface area contributed by atoms with Gasteiger partial charge in [0, 0.05) is 55.6 Å². The van der Waals surface area contributed by atoms with E-state index < -0.39 is 0 Å². The van der Waals surface area contributed by atoms with Gasteiger partial charge in [0.2, 0.25) is 12.7 Å². The van der Waals surface area contributed by atoms with Crippen LogP contribution in [-0.2, 0) is 13.0 Å². The second kappa shape index (κ2) is 10.3. The Kier molecular flexibility index (Phi) is 6.38. The Morgan fingerprint density at radius 2 is 1.77 bits per heavy atom. The van der Waals surface area contributed by atoms with Crippen molar-refractivity contribution in [3.05, 3.63) is 87.7 Å². The molecule has 7 rings (SSSR count). The highest BCUT2D eigenvalue weighted by atomic mass is 32.1. The number of hydrogen-bond acceptors (Lipinski definition) is 9. The number of carbonyl (C=O) groups is 1. The Balaban J connectivity index is 1.13. The van der Waals surface area contributed by atoms with Gasteiger partial charge in [-0.2, -0.15) is 4.98 Å². The predicted molar refractivity (Wildman–Crippen MR) is 152 cm³/mol.